The van der Waals surface area contributed by atoms with Crippen LogP contribution in [-0.4, -0.2) is 23.3 Å². The number of benzene rings is 2. The van der Waals surface area contributed by atoms with Crippen LogP contribution in [0.1, 0.15) is 15.9 Å². The van der Waals surface area contributed by atoms with Gasteiger partial charge < -0.3 is 20.3 Å². The number of hydrogen-bond acceptors (Lipinski definition) is 5. The first-order chi connectivity index (χ1) is 9.61. The van der Waals surface area contributed by atoms with Crippen molar-refractivity contribution in [2.24, 2.45) is 0 Å². The summed E-state index contributed by atoms with van der Waals surface area (Å²) in [6.45, 7) is 0.320. The fourth-order valence-electron chi connectivity index (χ4n) is 1.82. The molecule has 0 fully saturated rings. The van der Waals surface area contributed by atoms with Crippen LogP contribution in [0.25, 0.3) is 0 Å². The lowest BCUT2D eigenvalue weighted by Gasteiger charge is -2.11. The lowest BCUT2D eigenvalue weighted by Crippen LogP contribution is -2.08. The summed E-state index contributed by atoms with van der Waals surface area (Å²) in [5, 5.41) is 22.0. The average Bonchev–Trinajstić information content (AvgIpc) is 2.46. The van der Waals surface area contributed by atoms with Crippen LogP contribution in [0.15, 0.2) is 42.5 Å². The van der Waals surface area contributed by atoms with Crippen LogP contribution in [0.2, 0.25) is 0 Å². The van der Waals surface area contributed by atoms with E-state index in [2.05, 4.69) is 5.32 Å². The molecule has 5 heteroatoms. The highest BCUT2D eigenvalue weighted by molar-refractivity contribution is 5.95. The Morgan fingerprint density at radius 3 is 2.65 bits per heavy atom. The Kier molecular flexibility index (Phi) is 4.10. The molecule has 0 aromatic heterocycles. The van der Waals surface area contributed by atoms with Gasteiger partial charge >= 0.3 is 5.97 Å². The molecule has 0 amide bonds. The predicted octanol–water partition coefficient (Wildman–Crippen LogP) is 2.50. The van der Waals surface area contributed by atoms with Crippen molar-refractivity contribution >= 4 is 11.7 Å². The highest BCUT2D eigenvalue weighted by atomic mass is 16.5. The van der Waals surface area contributed by atoms with Crippen LogP contribution in [-0.2, 0) is 11.3 Å². The highest BCUT2D eigenvalue weighted by Crippen LogP contribution is 2.24. The fourth-order valence-corrected chi connectivity index (χ4v) is 1.82. The molecule has 5 nitrogen and oxygen atoms in total. The number of methoxy groups -OCH3 is 1. The molecule has 0 unspecified atom stereocenters. The summed E-state index contributed by atoms with van der Waals surface area (Å²) >= 11 is 0. The summed E-state index contributed by atoms with van der Waals surface area (Å²) in [5.74, 6) is -0.433. The number of carbonyl (C=O) groups is 1. The average molecular weight is 273 g/mol. The molecular formula is C15H15NO4. The lowest BCUT2D eigenvalue weighted by molar-refractivity contribution is 0.0602. The first-order valence-electron chi connectivity index (χ1n) is 6.04. The third-order valence-corrected chi connectivity index (χ3v) is 2.87. The third-order valence-electron chi connectivity index (χ3n) is 2.87. The third kappa shape index (κ3) is 3.00. The number of para-hydroxylation sites is 1. The van der Waals surface area contributed by atoms with Crippen molar-refractivity contribution in [1.82, 2.24) is 0 Å². The van der Waals surface area contributed by atoms with E-state index in [-0.39, 0.29) is 11.5 Å². The number of hydrogen-bond donors (Lipinski definition) is 3. The van der Waals surface area contributed by atoms with Gasteiger partial charge in [-0.3, -0.25) is 0 Å². The zero-order valence-corrected chi connectivity index (χ0v) is 11.0. The summed E-state index contributed by atoms with van der Waals surface area (Å²) in [6, 6.07) is 11.3. The molecule has 0 bridgehead atoms. The first-order valence-corrected chi connectivity index (χ1v) is 6.04. The Labute approximate surface area is 116 Å². The van der Waals surface area contributed by atoms with Crippen LogP contribution >= 0.6 is 0 Å². The van der Waals surface area contributed by atoms with Crippen molar-refractivity contribution in [1.29, 1.82) is 0 Å². The summed E-state index contributed by atoms with van der Waals surface area (Å²) < 4.78 is 4.71. The lowest BCUT2D eigenvalue weighted by atomic mass is 10.1. The Morgan fingerprint density at radius 1 is 1.20 bits per heavy atom. The van der Waals surface area contributed by atoms with Crippen molar-refractivity contribution < 1.29 is 19.7 Å². The Balaban J connectivity index is 2.17. The van der Waals surface area contributed by atoms with Crippen molar-refractivity contribution in [3.63, 3.8) is 0 Å². The molecule has 3 N–H and O–H groups in total. The minimum Gasteiger partial charge on any atom is -0.508 e. The summed E-state index contributed by atoms with van der Waals surface area (Å²) in [7, 11) is 1.32. The number of anilines is 1. The smallest absolute Gasteiger partial charge is 0.339 e. The molecule has 0 aliphatic carbocycles. The van der Waals surface area contributed by atoms with E-state index in [0.717, 1.165) is 0 Å². The van der Waals surface area contributed by atoms with Gasteiger partial charge in [0.05, 0.1) is 12.7 Å². The molecular weight excluding hydrogens is 258 g/mol. The van der Waals surface area contributed by atoms with E-state index in [4.69, 9.17) is 4.74 Å². The minimum absolute atomic E-state index is 0.00112. The zero-order chi connectivity index (χ0) is 14.5. The Morgan fingerprint density at radius 2 is 1.95 bits per heavy atom. The maximum absolute atomic E-state index is 11.6. The van der Waals surface area contributed by atoms with Gasteiger partial charge in [-0.2, -0.15) is 0 Å². The first kappa shape index (κ1) is 13.7. The maximum atomic E-state index is 11.6. The molecule has 0 radical (unpaired) electrons. The van der Waals surface area contributed by atoms with E-state index >= 15 is 0 Å². The van der Waals surface area contributed by atoms with Gasteiger partial charge in [0.2, 0.25) is 0 Å². The van der Waals surface area contributed by atoms with Gasteiger partial charge in [0.1, 0.15) is 11.5 Å². The van der Waals surface area contributed by atoms with Crippen LogP contribution in [0.3, 0.4) is 0 Å². The van der Waals surface area contributed by atoms with E-state index < -0.39 is 5.97 Å². The number of ether oxygens (including phenoxy) is 1. The number of aromatic hydroxyl groups is 2. The fraction of sp³-hybridized carbons (Fsp3) is 0.133. The topological polar surface area (TPSA) is 78.8 Å². The number of nitrogens with one attached hydrogen (secondary N) is 1. The van der Waals surface area contributed by atoms with Crippen LogP contribution in [0.4, 0.5) is 5.69 Å². The number of carbonyl (C=O) groups excluding carboxylic acids is 1. The van der Waals surface area contributed by atoms with Crippen molar-refractivity contribution in [3.8, 4) is 11.5 Å². The molecule has 2 rings (SSSR count). The summed E-state index contributed by atoms with van der Waals surface area (Å²) in [4.78, 5) is 11.6. The molecule has 0 atom stereocenters. The second-order valence-electron chi connectivity index (χ2n) is 4.20. The quantitative estimate of drug-likeness (QED) is 0.746. The van der Waals surface area contributed by atoms with Gasteiger partial charge in [0.25, 0.3) is 0 Å². The standard InChI is InChI=1S/C15H15NO4/c1-20-15(19)12-4-2-3-5-13(12)16-9-10-6-7-11(17)8-14(10)18/h2-8,16-18H,9H2,1H3. The number of rotatable bonds is 4. The molecule has 104 valence electrons. The Bertz CT molecular complexity index is 625. The van der Waals surface area contributed by atoms with Crippen LogP contribution in [0.5, 0.6) is 11.5 Å². The second kappa shape index (κ2) is 5.97. The molecule has 0 spiro atoms. The molecule has 0 heterocycles. The number of phenols is 2. The molecule has 0 saturated heterocycles. The van der Waals surface area contributed by atoms with E-state index in [1.54, 1.807) is 30.3 Å². The minimum atomic E-state index is -0.428. The maximum Gasteiger partial charge on any atom is 0.339 e. The normalized spacial score (nSPS) is 10.1. The highest BCUT2D eigenvalue weighted by Gasteiger charge is 2.11. The molecule has 0 aliphatic heterocycles. The molecule has 0 saturated carbocycles. The number of esters is 1. The van der Waals surface area contributed by atoms with Crippen molar-refractivity contribution in [3.05, 3.63) is 53.6 Å². The van der Waals surface area contributed by atoms with Gasteiger partial charge in [0, 0.05) is 23.9 Å². The van der Waals surface area contributed by atoms with E-state index in [1.165, 1.54) is 19.2 Å². The largest absolute Gasteiger partial charge is 0.508 e. The number of phenolic OH excluding ortho intramolecular Hbond substituents is 2. The SMILES string of the molecule is COC(=O)c1ccccc1NCc1ccc(O)cc1O. The van der Waals surface area contributed by atoms with Gasteiger partial charge in [-0.15, -0.1) is 0 Å². The van der Waals surface area contributed by atoms with Crippen LogP contribution in [0, 0.1) is 0 Å². The van der Waals surface area contributed by atoms with Crippen molar-refractivity contribution in [2.75, 3.05) is 12.4 Å². The molecule has 20 heavy (non-hydrogen) atoms. The van der Waals surface area contributed by atoms with E-state index in [0.29, 0.717) is 23.4 Å². The molecule has 2 aromatic rings. The summed E-state index contributed by atoms with van der Waals surface area (Å²) in [5.41, 5.74) is 1.66. The van der Waals surface area contributed by atoms with Crippen LogP contribution < -0.4 is 5.32 Å². The monoisotopic (exact) mass is 273 g/mol. The predicted molar refractivity (Wildman–Crippen MR) is 74.9 cm³/mol. The zero-order valence-electron chi connectivity index (χ0n) is 11.0. The molecule has 2 aromatic carbocycles. The summed E-state index contributed by atoms with van der Waals surface area (Å²) in [6.07, 6.45) is 0. The van der Waals surface area contributed by atoms with Crippen molar-refractivity contribution in [2.45, 2.75) is 6.54 Å². The van der Waals surface area contributed by atoms with Gasteiger partial charge in [-0.25, -0.2) is 4.79 Å². The van der Waals surface area contributed by atoms with E-state index in [1.807, 2.05) is 0 Å². The van der Waals surface area contributed by atoms with Gasteiger partial charge in [-0.05, 0) is 24.3 Å². The van der Waals surface area contributed by atoms with Gasteiger partial charge in [0.15, 0.2) is 0 Å². The van der Waals surface area contributed by atoms with E-state index in [9.17, 15) is 15.0 Å². The molecule has 0 aliphatic rings. The Hall–Kier alpha value is -2.69. The second-order valence-corrected chi connectivity index (χ2v) is 4.20. The van der Waals surface area contributed by atoms with Gasteiger partial charge in [-0.1, -0.05) is 12.1 Å².